The van der Waals surface area contributed by atoms with E-state index < -0.39 is 0 Å². The van der Waals surface area contributed by atoms with Crippen molar-refractivity contribution in [2.75, 3.05) is 7.11 Å². The number of fused-ring (bicyclic) bond motifs is 1. The molecular formula is C10H9ClN2O. The molecule has 4 heteroatoms. The lowest BCUT2D eigenvalue weighted by molar-refractivity contribution is 0.403. The Labute approximate surface area is 86.7 Å². The lowest BCUT2D eigenvalue weighted by atomic mass is 10.1. The second-order valence-electron chi connectivity index (χ2n) is 3.00. The highest BCUT2D eigenvalue weighted by molar-refractivity contribution is 6.30. The van der Waals surface area contributed by atoms with Crippen LogP contribution in [0.4, 0.5) is 0 Å². The van der Waals surface area contributed by atoms with Gasteiger partial charge in [-0.3, -0.25) is 0 Å². The van der Waals surface area contributed by atoms with Gasteiger partial charge in [0.1, 0.15) is 5.15 Å². The number of hydrogen-bond donors (Lipinski definition) is 0. The molecule has 0 bridgehead atoms. The van der Waals surface area contributed by atoms with Crippen LogP contribution >= 0.6 is 11.6 Å². The van der Waals surface area contributed by atoms with Crippen molar-refractivity contribution in [1.82, 2.24) is 9.97 Å². The minimum absolute atomic E-state index is 0.480. The lowest BCUT2D eigenvalue weighted by Crippen LogP contribution is -1.91. The number of aromatic nitrogens is 2. The van der Waals surface area contributed by atoms with Crippen LogP contribution in [0.1, 0.15) is 5.56 Å². The largest absolute Gasteiger partial charge is 0.481 e. The van der Waals surface area contributed by atoms with Gasteiger partial charge in [-0.15, -0.1) is 0 Å². The Morgan fingerprint density at radius 1 is 1.21 bits per heavy atom. The van der Waals surface area contributed by atoms with Crippen LogP contribution in [0.25, 0.3) is 10.8 Å². The van der Waals surface area contributed by atoms with E-state index in [9.17, 15) is 0 Å². The lowest BCUT2D eigenvalue weighted by Gasteiger charge is -2.05. The smallest absolute Gasteiger partial charge is 0.222 e. The van der Waals surface area contributed by atoms with Gasteiger partial charge < -0.3 is 4.74 Å². The van der Waals surface area contributed by atoms with Gasteiger partial charge in [0, 0.05) is 12.4 Å². The molecule has 0 fully saturated rings. The van der Waals surface area contributed by atoms with E-state index in [-0.39, 0.29) is 0 Å². The van der Waals surface area contributed by atoms with Gasteiger partial charge >= 0.3 is 0 Å². The summed E-state index contributed by atoms with van der Waals surface area (Å²) in [5.74, 6) is 0.578. The van der Waals surface area contributed by atoms with Gasteiger partial charge in [0.25, 0.3) is 0 Å². The number of rotatable bonds is 1. The fourth-order valence-corrected chi connectivity index (χ4v) is 1.54. The molecule has 3 nitrogen and oxygen atoms in total. The third-order valence-electron chi connectivity index (χ3n) is 2.09. The Balaban J connectivity index is 2.84. The number of ether oxygens (including phenoxy) is 1. The first kappa shape index (κ1) is 9.21. The monoisotopic (exact) mass is 208 g/mol. The molecule has 0 N–H and O–H groups in total. The fraction of sp³-hybridized carbons (Fsp3) is 0.200. The molecule has 0 spiro atoms. The molecule has 14 heavy (non-hydrogen) atoms. The molecule has 0 radical (unpaired) electrons. The van der Waals surface area contributed by atoms with Gasteiger partial charge in [0.15, 0.2) is 0 Å². The summed E-state index contributed by atoms with van der Waals surface area (Å²) in [5.41, 5.74) is 1.06. The topological polar surface area (TPSA) is 35.0 Å². The Morgan fingerprint density at radius 3 is 2.71 bits per heavy atom. The molecule has 72 valence electrons. The maximum atomic E-state index is 5.81. The number of pyridine rings is 2. The average Bonchev–Trinajstić information content (AvgIpc) is 2.19. The molecule has 0 atom stereocenters. The van der Waals surface area contributed by atoms with Gasteiger partial charge in [-0.2, -0.15) is 0 Å². The first-order valence-electron chi connectivity index (χ1n) is 4.17. The van der Waals surface area contributed by atoms with Gasteiger partial charge in [0.05, 0.1) is 12.5 Å². The average molecular weight is 209 g/mol. The van der Waals surface area contributed by atoms with Crippen LogP contribution in [-0.2, 0) is 0 Å². The zero-order valence-electron chi connectivity index (χ0n) is 7.91. The van der Waals surface area contributed by atoms with E-state index in [0.29, 0.717) is 11.0 Å². The highest BCUT2D eigenvalue weighted by Gasteiger charge is 2.06. The van der Waals surface area contributed by atoms with Gasteiger partial charge in [-0.05, 0) is 23.9 Å². The zero-order chi connectivity index (χ0) is 10.1. The maximum absolute atomic E-state index is 5.81. The SMILES string of the molecule is COc1ncc(C)c2cc(Cl)ncc12. The van der Waals surface area contributed by atoms with Crippen LogP contribution in [-0.4, -0.2) is 17.1 Å². The van der Waals surface area contributed by atoms with Gasteiger partial charge in [-0.1, -0.05) is 11.6 Å². The summed E-state index contributed by atoms with van der Waals surface area (Å²) in [4.78, 5) is 8.15. The first-order chi connectivity index (χ1) is 6.72. The number of hydrogen-bond acceptors (Lipinski definition) is 3. The second kappa shape index (κ2) is 3.42. The van der Waals surface area contributed by atoms with Crippen molar-refractivity contribution >= 4 is 22.4 Å². The Bertz CT molecular complexity index is 485. The van der Waals surface area contributed by atoms with Crippen LogP contribution in [0, 0.1) is 6.92 Å². The van der Waals surface area contributed by atoms with Gasteiger partial charge in [-0.25, -0.2) is 9.97 Å². The summed E-state index contributed by atoms with van der Waals surface area (Å²) in [6.45, 7) is 1.98. The summed E-state index contributed by atoms with van der Waals surface area (Å²) in [7, 11) is 1.59. The highest BCUT2D eigenvalue weighted by atomic mass is 35.5. The van der Waals surface area contributed by atoms with Crippen LogP contribution in [0.5, 0.6) is 5.88 Å². The van der Waals surface area contributed by atoms with E-state index in [1.54, 1.807) is 19.5 Å². The summed E-state index contributed by atoms with van der Waals surface area (Å²) in [5, 5.41) is 2.39. The van der Waals surface area contributed by atoms with Crippen LogP contribution in [0.3, 0.4) is 0 Å². The van der Waals surface area contributed by atoms with Crippen LogP contribution < -0.4 is 4.74 Å². The van der Waals surface area contributed by atoms with Crippen molar-refractivity contribution in [1.29, 1.82) is 0 Å². The highest BCUT2D eigenvalue weighted by Crippen LogP contribution is 2.26. The second-order valence-corrected chi connectivity index (χ2v) is 3.39. The Kier molecular flexibility index (Phi) is 2.25. The van der Waals surface area contributed by atoms with E-state index in [1.165, 1.54) is 0 Å². The Morgan fingerprint density at radius 2 is 2.00 bits per heavy atom. The quantitative estimate of drug-likeness (QED) is 0.676. The molecule has 2 aromatic heterocycles. The number of nitrogens with zero attached hydrogens (tertiary/aromatic N) is 2. The van der Waals surface area contributed by atoms with Crippen molar-refractivity contribution in [3.8, 4) is 5.88 Å². The first-order valence-corrected chi connectivity index (χ1v) is 4.55. The molecule has 0 saturated carbocycles. The Hall–Kier alpha value is -1.35. The summed E-state index contributed by atoms with van der Waals surface area (Å²) in [6, 6.07) is 1.82. The normalized spacial score (nSPS) is 10.5. The molecule has 0 amide bonds. The van der Waals surface area contributed by atoms with Crippen molar-refractivity contribution in [3.05, 3.63) is 29.2 Å². The van der Waals surface area contributed by atoms with Crippen molar-refractivity contribution in [2.24, 2.45) is 0 Å². The van der Waals surface area contributed by atoms with Gasteiger partial charge in [0.2, 0.25) is 5.88 Å². The van der Waals surface area contributed by atoms with Crippen molar-refractivity contribution < 1.29 is 4.74 Å². The molecule has 0 aliphatic heterocycles. The third-order valence-corrected chi connectivity index (χ3v) is 2.30. The maximum Gasteiger partial charge on any atom is 0.222 e. The molecule has 0 aliphatic carbocycles. The van der Waals surface area contributed by atoms with E-state index in [0.717, 1.165) is 16.3 Å². The van der Waals surface area contributed by atoms with Crippen molar-refractivity contribution in [3.63, 3.8) is 0 Å². The molecule has 2 heterocycles. The predicted molar refractivity (Wildman–Crippen MR) is 55.8 cm³/mol. The summed E-state index contributed by atoms with van der Waals surface area (Å²) in [6.07, 6.45) is 3.44. The van der Waals surface area contributed by atoms with E-state index in [1.807, 2.05) is 13.0 Å². The van der Waals surface area contributed by atoms with Crippen LogP contribution in [0.2, 0.25) is 5.15 Å². The number of halogens is 1. The molecule has 2 aromatic rings. The number of aryl methyl sites for hydroxylation is 1. The zero-order valence-corrected chi connectivity index (χ0v) is 8.67. The minimum Gasteiger partial charge on any atom is -0.481 e. The molecule has 0 aromatic carbocycles. The number of methoxy groups -OCH3 is 1. The standard InChI is InChI=1S/C10H9ClN2O/c1-6-4-13-10(14-2)8-5-12-9(11)3-7(6)8/h3-5H,1-2H3. The summed E-state index contributed by atoms with van der Waals surface area (Å²) >= 11 is 5.81. The molecule has 2 rings (SSSR count). The third kappa shape index (κ3) is 1.40. The molecule has 0 aliphatic rings. The van der Waals surface area contributed by atoms with Crippen LogP contribution in [0.15, 0.2) is 18.5 Å². The molecule has 0 unspecified atom stereocenters. The van der Waals surface area contributed by atoms with Crippen molar-refractivity contribution in [2.45, 2.75) is 6.92 Å². The molecular weight excluding hydrogens is 200 g/mol. The van der Waals surface area contributed by atoms with E-state index in [2.05, 4.69) is 9.97 Å². The van der Waals surface area contributed by atoms with E-state index >= 15 is 0 Å². The fourth-order valence-electron chi connectivity index (χ4n) is 1.38. The molecule has 0 saturated heterocycles. The van der Waals surface area contributed by atoms with E-state index in [4.69, 9.17) is 16.3 Å². The summed E-state index contributed by atoms with van der Waals surface area (Å²) < 4.78 is 5.13. The predicted octanol–water partition coefficient (Wildman–Crippen LogP) is 2.60. The minimum atomic E-state index is 0.480.